The Hall–Kier alpha value is -2.63. The molecule has 0 saturated carbocycles. The van der Waals surface area contributed by atoms with Crippen molar-refractivity contribution in [2.45, 2.75) is 12.8 Å². The van der Waals surface area contributed by atoms with E-state index < -0.39 is 4.92 Å². The van der Waals surface area contributed by atoms with Gasteiger partial charge in [-0.2, -0.15) is 0 Å². The van der Waals surface area contributed by atoms with E-state index in [-0.39, 0.29) is 17.3 Å². The summed E-state index contributed by atoms with van der Waals surface area (Å²) in [5.74, 6) is -0.00862. The smallest absolute Gasteiger partial charge is 0.311 e. The first kappa shape index (κ1) is 15.8. The molecule has 0 unspecified atom stereocenters. The van der Waals surface area contributed by atoms with Crippen LogP contribution in [0.15, 0.2) is 42.5 Å². The van der Waals surface area contributed by atoms with E-state index in [9.17, 15) is 14.5 Å². The number of benzene rings is 2. The lowest BCUT2D eigenvalue weighted by Crippen LogP contribution is -2.04. The second-order valence-corrected chi connectivity index (χ2v) is 4.80. The minimum Gasteiger partial charge on any atom is -0.490 e. The van der Waals surface area contributed by atoms with Crippen LogP contribution in [0, 0.1) is 15.9 Å². The summed E-state index contributed by atoms with van der Waals surface area (Å²) < 4.78 is 18.1. The van der Waals surface area contributed by atoms with Crippen molar-refractivity contribution >= 4 is 11.4 Å². The predicted octanol–water partition coefficient (Wildman–Crippen LogP) is 3.79. The highest BCUT2D eigenvalue weighted by Gasteiger charge is 2.14. The van der Waals surface area contributed by atoms with E-state index in [0.29, 0.717) is 6.54 Å². The van der Waals surface area contributed by atoms with Crippen molar-refractivity contribution in [1.82, 2.24) is 0 Å². The molecule has 5 nitrogen and oxygen atoms in total. The van der Waals surface area contributed by atoms with Gasteiger partial charge < -0.3 is 10.1 Å². The lowest BCUT2D eigenvalue weighted by Gasteiger charge is -2.08. The number of nitrogens with one attached hydrogen (secondary N) is 1. The van der Waals surface area contributed by atoms with E-state index in [1.807, 2.05) is 6.07 Å². The van der Waals surface area contributed by atoms with Gasteiger partial charge >= 0.3 is 5.69 Å². The minimum atomic E-state index is -0.480. The first-order chi connectivity index (χ1) is 10.6. The van der Waals surface area contributed by atoms with Crippen molar-refractivity contribution in [1.29, 1.82) is 0 Å². The second-order valence-electron chi connectivity index (χ2n) is 4.80. The van der Waals surface area contributed by atoms with Gasteiger partial charge in [-0.25, -0.2) is 4.39 Å². The van der Waals surface area contributed by atoms with Crippen molar-refractivity contribution in [3.8, 4) is 5.75 Å². The molecule has 0 aromatic heterocycles. The van der Waals surface area contributed by atoms with Crippen LogP contribution >= 0.6 is 0 Å². The Morgan fingerprint density at radius 1 is 1.27 bits per heavy atom. The summed E-state index contributed by atoms with van der Waals surface area (Å²) in [6.45, 7) is 0.678. The van der Waals surface area contributed by atoms with Crippen LogP contribution < -0.4 is 10.1 Å². The first-order valence-electron chi connectivity index (χ1n) is 6.91. The Labute approximate surface area is 127 Å². The normalized spacial score (nSPS) is 10.3. The Morgan fingerprint density at radius 2 is 2.09 bits per heavy atom. The lowest BCUT2D eigenvalue weighted by molar-refractivity contribution is -0.385. The van der Waals surface area contributed by atoms with Crippen LogP contribution in [-0.4, -0.2) is 18.6 Å². The summed E-state index contributed by atoms with van der Waals surface area (Å²) in [4.78, 5) is 10.3. The quantitative estimate of drug-likeness (QED) is 0.480. The zero-order valence-corrected chi connectivity index (χ0v) is 12.2. The molecule has 2 aromatic rings. The van der Waals surface area contributed by atoms with Gasteiger partial charge in [0.2, 0.25) is 0 Å². The third kappa shape index (κ3) is 4.18. The van der Waals surface area contributed by atoms with E-state index in [4.69, 9.17) is 4.74 Å². The minimum absolute atomic E-state index is 0.0622. The number of aryl methyl sites for hydroxylation is 1. The number of nitrogens with zero attached hydrogens (tertiary/aromatic N) is 1. The summed E-state index contributed by atoms with van der Waals surface area (Å²) in [5, 5.41) is 14.0. The molecule has 0 heterocycles. The van der Waals surface area contributed by atoms with Gasteiger partial charge in [-0.1, -0.05) is 12.1 Å². The Kier molecular flexibility index (Phi) is 5.30. The van der Waals surface area contributed by atoms with Crippen molar-refractivity contribution in [3.63, 3.8) is 0 Å². The molecule has 0 atom stereocenters. The number of ether oxygens (including phenoxy) is 1. The van der Waals surface area contributed by atoms with E-state index >= 15 is 0 Å². The fourth-order valence-electron chi connectivity index (χ4n) is 2.16. The first-order valence-corrected chi connectivity index (χ1v) is 6.91. The number of nitro benzene ring substituents is 1. The van der Waals surface area contributed by atoms with Crippen LogP contribution in [0.5, 0.6) is 5.75 Å². The van der Waals surface area contributed by atoms with Crippen molar-refractivity contribution in [2.75, 3.05) is 19.0 Å². The molecular formula is C16H17FN2O3. The van der Waals surface area contributed by atoms with Crippen LogP contribution in [0.3, 0.4) is 0 Å². The maximum absolute atomic E-state index is 13.0. The molecule has 2 rings (SSSR count). The maximum Gasteiger partial charge on any atom is 0.311 e. The fourth-order valence-corrected chi connectivity index (χ4v) is 2.16. The van der Waals surface area contributed by atoms with Crippen molar-refractivity contribution in [3.05, 3.63) is 64.0 Å². The molecule has 0 aliphatic rings. The molecule has 0 spiro atoms. The Balaban J connectivity index is 1.88. The summed E-state index contributed by atoms with van der Waals surface area (Å²) in [6.07, 6.45) is 1.58. The monoisotopic (exact) mass is 304 g/mol. The summed E-state index contributed by atoms with van der Waals surface area (Å²) in [5.41, 5.74) is 1.64. The molecule has 1 N–H and O–H groups in total. The highest BCUT2D eigenvalue weighted by atomic mass is 19.1. The molecule has 0 aliphatic carbocycles. The number of methoxy groups -OCH3 is 1. The third-order valence-corrected chi connectivity index (χ3v) is 3.24. The van der Waals surface area contributed by atoms with Gasteiger partial charge in [0.25, 0.3) is 0 Å². The molecule has 116 valence electrons. The van der Waals surface area contributed by atoms with Crippen LogP contribution in [0.2, 0.25) is 0 Å². The number of hydrogen-bond donors (Lipinski definition) is 1. The SMILES string of the molecule is COc1cc(NCCCc2cccc(F)c2)ccc1[N+](=O)[O-]. The van der Waals surface area contributed by atoms with Crippen molar-refractivity contribution < 1.29 is 14.1 Å². The number of anilines is 1. The number of halogens is 1. The third-order valence-electron chi connectivity index (χ3n) is 3.24. The molecule has 22 heavy (non-hydrogen) atoms. The molecule has 0 amide bonds. The highest BCUT2D eigenvalue weighted by molar-refractivity contribution is 5.57. The average molecular weight is 304 g/mol. The van der Waals surface area contributed by atoms with Gasteiger partial charge in [-0.3, -0.25) is 10.1 Å². The molecule has 0 bridgehead atoms. The van der Waals surface area contributed by atoms with Gasteiger partial charge in [-0.05, 0) is 36.6 Å². The van der Waals surface area contributed by atoms with E-state index in [1.54, 1.807) is 18.2 Å². The molecule has 0 aliphatic heterocycles. The molecule has 0 radical (unpaired) electrons. The van der Waals surface area contributed by atoms with Gasteiger partial charge in [0.15, 0.2) is 5.75 Å². The van der Waals surface area contributed by atoms with E-state index in [2.05, 4.69) is 5.32 Å². The molecule has 0 fully saturated rings. The molecule has 2 aromatic carbocycles. The largest absolute Gasteiger partial charge is 0.490 e. The fraction of sp³-hybridized carbons (Fsp3) is 0.250. The van der Waals surface area contributed by atoms with E-state index in [1.165, 1.54) is 25.3 Å². The molecule has 6 heteroatoms. The zero-order valence-electron chi connectivity index (χ0n) is 12.2. The van der Waals surface area contributed by atoms with E-state index in [0.717, 1.165) is 24.1 Å². The Bertz CT molecular complexity index is 662. The van der Waals surface area contributed by atoms with Gasteiger partial charge in [0, 0.05) is 24.4 Å². The summed E-state index contributed by atoms with van der Waals surface area (Å²) in [7, 11) is 1.40. The van der Waals surface area contributed by atoms with Crippen LogP contribution in [0.25, 0.3) is 0 Å². The van der Waals surface area contributed by atoms with Gasteiger partial charge in [-0.15, -0.1) is 0 Å². The van der Waals surface area contributed by atoms with Crippen LogP contribution in [0.4, 0.5) is 15.8 Å². The van der Waals surface area contributed by atoms with Gasteiger partial charge in [0.05, 0.1) is 12.0 Å². The number of hydrogen-bond acceptors (Lipinski definition) is 4. The second kappa shape index (κ2) is 7.40. The zero-order chi connectivity index (χ0) is 15.9. The summed E-state index contributed by atoms with van der Waals surface area (Å²) >= 11 is 0. The highest BCUT2D eigenvalue weighted by Crippen LogP contribution is 2.29. The average Bonchev–Trinajstić information content (AvgIpc) is 2.51. The topological polar surface area (TPSA) is 64.4 Å². The molecule has 0 saturated heterocycles. The lowest BCUT2D eigenvalue weighted by atomic mass is 10.1. The summed E-state index contributed by atoms with van der Waals surface area (Å²) in [6, 6.07) is 11.2. The van der Waals surface area contributed by atoms with Crippen molar-refractivity contribution in [2.24, 2.45) is 0 Å². The Morgan fingerprint density at radius 3 is 2.77 bits per heavy atom. The standard InChI is InChI=1S/C16H17FN2O3/c1-22-16-11-14(7-8-15(16)19(20)21)18-9-3-5-12-4-2-6-13(17)10-12/h2,4,6-8,10-11,18H,3,5,9H2,1H3. The van der Waals surface area contributed by atoms with Crippen LogP contribution in [0.1, 0.15) is 12.0 Å². The maximum atomic E-state index is 13.0. The number of rotatable bonds is 7. The predicted molar refractivity (Wildman–Crippen MR) is 82.9 cm³/mol. The van der Waals surface area contributed by atoms with Crippen LogP contribution in [-0.2, 0) is 6.42 Å². The molecular weight excluding hydrogens is 287 g/mol. The van der Waals surface area contributed by atoms with Gasteiger partial charge in [0.1, 0.15) is 5.82 Å². The number of nitro groups is 1.